The highest BCUT2D eigenvalue weighted by molar-refractivity contribution is 7.89. The minimum absolute atomic E-state index is 0.208. The lowest BCUT2D eigenvalue weighted by molar-refractivity contribution is 0.0891. The molecule has 1 atom stereocenters. The molecular formula is C13H18N2O3S. The predicted molar refractivity (Wildman–Crippen MR) is 73.7 cm³/mol. The molecule has 0 saturated heterocycles. The van der Waals surface area contributed by atoms with Gasteiger partial charge in [-0.2, -0.15) is 0 Å². The maximum absolute atomic E-state index is 12.2. The molecule has 0 spiro atoms. The van der Waals surface area contributed by atoms with Crippen LogP contribution in [0.1, 0.15) is 24.5 Å². The molecule has 2 rings (SSSR count). The molecule has 0 fully saturated rings. The van der Waals surface area contributed by atoms with Crippen LogP contribution < -0.4 is 4.72 Å². The quantitative estimate of drug-likeness (QED) is 0.914. The third kappa shape index (κ3) is 3.33. The Bertz CT molecular complexity index is 608. The SMILES string of the molecule is CC1=NOC(CNS(=O)(=O)c2cc(C)ccc2C)C1. The maximum Gasteiger partial charge on any atom is 0.240 e. The highest BCUT2D eigenvalue weighted by Gasteiger charge is 2.22. The second-order valence-corrected chi connectivity index (χ2v) is 6.61. The van der Waals surface area contributed by atoms with Crippen molar-refractivity contribution in [3.63, 3.8) is 0 Å². The van der Waals surface area contributed by atoms with Gasteiger partial charge in [-0.3, -0.25) is 0 Å². The number of oxime groups is 1. The van der Waals surface area contributed by atoms with Crippen LogP contribution in [0.15, 0.2) is 28.3 Å². The highest BCUT2D eigenvalue weighted by Crippen LogP contribution is 2.17. The molecule has 1 N–H and O–H groups in total. The van der Waals surface area contributed by atoms with E-state index in [2.05, 4.69) is 9.88 Å². The highest BCUT2D eigenvalue weighted by atomic mass is 32.2. The van der Waals surface area contributed by atoms with Crippen LogP contribution in [0.3, 0.4) is 0 Å². The number of aryl methyl sites for hydroxylation is 2. The van der Waals surface area contributed by atoms with Gasteiger partial charge in [0.1, 0.15) is 6.10 Å². The van der Waals surface area contributed by atoms with Crippen molar-refractivity contribution >= 4 is 15.7 Å². The normalized spacial score (nSPS) is 19.1. The van der Waals surface area contributed by atoms with Gasteiger partial charge >= 0.3 is 0 Å². The molecule has 6 heteroatoms. The van der Waals surface area contributed by atoms with E-state index in [1.165, 1.54) is 0 Å². The van der Waals surface area contributed by atoms with E-state index in [-0.39, 0.29) is 12.6 Å². The van der Waals surface area contributed by atoms with Crippen molar-refractivity contribution in [1.29, 1.82) is 0 Å². The topological polar surface area (TPSA) is 67.8 Å². The molecule has 0 aromatic heterocycles. The summed E-state index contributed by atoms with van der Waals surface area (Å²) >= 11 is 0. The van der Waals surface area contributed by atoms with Crippen molar-refractivity contribution in [3.05, 3.63) is 29.3 Å². The van der Waals surface area contributed by atoms with Gasteiger partial charge in [-0.25, -0.2) is 13.1 Å². The minimum atomic E-state index is -3.50. The number of sulfonamides is 1. The molecule has 19 heavy (non-hydrogen) atoms. The summed E-state index contributed by atoms with van der Waals surface area (Å²) in [6.07, 6.45) is 0.454. The smallest absolute Gasteiger partial charge is 0.240 e. The average Bonchev–Trinajstić information content (AvgIpc) is 2.76. The summed E-state index contributed by atoms with van der Waals surface area (Å²) in [6.45, 7) is 5.75. The molecule has 5 nitrogen and oxygen atoms in total. The molecule has 0 aliphatic carbocycles. The van der Waals surface area contributed by atoms with E-state index in [1.807, 2.05) is 26.0 Å². The monoisotopic (exact) mass is 282 g/mol. The van der Waals surface area contributed by atoms with Gasteiger partial charge in [0, 0.05) is 6.42 Å². The second-order valence-electron chi connectivity index (χ2n) is 4.88. The summed E-state index contributed by atoms with van der Waals surface area (Å²) in [6, 6.07) is 5.38. The molecule has 0 bridgehead atoms. The predicted octanol–water partition coefficient (Wildman–Crippen LogP) is 1.75. The van der Waals surface area contributed by atoms with Crippen LogP contribution in [0.2, 0.25) is 0 Å². The lowest BCUT2D eigenvalue weighted by Gasteiger charge is -2.12. The summed E-state index contributed by atoms with van der Waals surface area (Å²) in [5.74, 6) is 0. The standard InChI is InChI=1S/C13H18N2O3S/c1-9-4-5-10(2)13(6-9)19(16,17)14-8-12-7-11(3)15-18-12/h4-6,12,14H,7-8H2,1-3H3. The number of benzene rings is 1. The summed E-state index contributed by atoms with van der Waals surface area (Å²) in [5, 5.41) is 3.80. The first-order chi connectivity index (χ1) is 8.88. The molecule has 1 aliphatic rings. The molecule has 1 aliphatic heterocycles. The molecule has 0 saturated carbocycles. The van der Waals surface area contributed by atoms with Crippen molar-refractivity contribution in [1.82, 2.24) is 4.72 Å². The van der Waals surface area contributed by atoms with Gasteiger partial charge in [-0.05, 0) is 38.0 Å². The zero-order valence-electron chi connectivity index (χ0n) is 11.3. The summed E-state index contributed by atoms with van der Waals surface area (Å²) in [5.41, 5.74) is 2.54. The van der Waals surface area contributed by atoms with Gasteiger partial charge in [0.15, 0.2) is 0 Å². The Morgan fingerprint density at radius 1 is 1.37 bits per heavy atom. The Morgan fingerprint density at radius 3 is 2.74 bits per heavy atom. The fourth-order valence-electron chi connectivity index (χ4n) is 1.96. The number of nitrogens with zero attached hydrogens (tertiary/aromatic N) is 1. The number of rotatable bonds is 4. The molecule has 0 amide bonds. The molecular weight excluding hydrogens is 264 g/mol. The fraction of sp³-hybridized carbons (Fsp3) is 0.462. The lowest BCUT2D eigenvalue weighted by Crippen LogP contribution is -2.32. The van der Waals surface area contributed by atoms with E-state index in [0.29, 0.717) is 11.3 Å². The van der Waals surface area contributed by atoms with Crippen molar-refractivity contribution < 1.29 is 13.3 Å². The third-order valence-corrected chi connectivity index (χ3v) is 4.58. The Balaban J connectivity index is 2.08. The number of hydrogen-bond acceptors (Lipinski definition) is 4. The Morgan fingerprint density at radius 2 is 2.11 bits per heavy atom. The van der Waals surface area contributed by atoms with Crippen molar-refractivity contribution in [2.24, 2.45) is 5.16 Å². The zero-order chi connectivity index (χ0) is 14.0. The molecule has 1 aromatic carbocycles. The molecule has 1 unspecified atom stereocenters. The van der Waals surface area contributed by atoms with Gasteiger partial charge in [0.2, 0.25) is 10.0 Å². The Kier molecular flexibility index (Phi) is 3.91. The Hall–Kier alpha value is -1.40. The number of nitrogens with one attached hydrogen (secondary N) is 1. The fourth-order valence-corrected chi connectivity index (χ4v) is 3.35. The van der Waals surface area contributed by atoms with Gasteiger partial charge in [0.05, 0.1) is 17.2 Å². The van der Waals surface area contributed by atoms with E-state index < -0.39 is 10.0 Å². The van der Waals surface area contributed by atoms with Crippen LogP contribution in [-0.4, -0.2) is 26.8 Å². The maximum atomic E-state index is 12.2. The van der Waals surface area contributed by atoms with E-state index in [0.717, 1.165) is 16.8 Å². The summed E-state index contributed by atoms with van der Waals surface area (Å²) < 4.78 is 27.1. The van der Waals surface area contributed by atoms with E-state index in [9.17, 15) is 8.42 Å². The zero-order valence-corrected chi connectivity index (χ0v) is 12.1. The second kappa shape index (κ2) is 5.30. The summed E-state index contributed by atoms with van der Waals surface area (Å²) in [7, 11) is -3.50. The first-order valence-corrected chi connectivity index (χ1v) is 7.63. The molecule has 104 valence electrons. The van der Waals surface area contributed by atoms with Gasteiger partial charge in [-0.1, -0.05) is 17.3 Å². The van der Waals surface area contributed by atoms with Crippen molar-refractivity contribution in [2.45, 2.75) is 38.2 Å². The number of hydrogen-bond donors (Lipinski definition) is 1. The van der Waals surface area contributed by atoms with Crippen LogP contribution in [0.4, 0.5) is 0 Å². The van der Waals surface area contributed by atoms with Crippen LogP contribution in [0.25, 0.3) is 0 Å². The average molecular weight is 282 g/mol. The van der Waals surface area contributed by atoms with Crippen LogP contribution >= 0.6 is 0 Å². The molecule has 1 aromatic rings. The Labute approximate surface area is 113 Å². The van der Waals surface area contributed by atoms with Gasteiger partial charge in [0.25, 0.3) is 0 Å². The van der Waals surface area contributed by atoms with Crippen molar-refractivity contribution in [2.75, 3.05) is 6.54 Å². The van der Waals surface area contributed by atoms with E-state index in [4.69, 9.17) is 4.84 Å². The third-order valence-electron chi connectivity index (χ3n) is 3.01. The van der Waals surface area contributed by atoms with Gasteiger partial charge in [-0.15, -0.1) is 0 Å². The molecule has 1 heterocycles. The van der Waals surface area contributed by atoms with Crippen LogP contribution in [0, 0.1) is 13.8 Å². The summed E-state index contributed by atoms with van der Waals surface area (Å²) in [4.78, 5) is 5.43. The lowest BCUT2D eigenvalue weighted by atomic mass is 10.2. The largest absolute Gasteiger partial charge is 0.391 e. The minimum Gasteiger partial charge on any atom is -0.391 e. The van der Waals surface area contributed by atoms with E-state index >= 15 is 0 Å². The van der Waals surface area contributed by atoms with Gasteiger partial charge < -0.3 is 4.84 Å². The van der Waals surface area contributed by atoms with Crippen molar-refractivity contribution in [3.8, 4) is 0 Å². The first kappa shape index (κ1) is 14.0. The molecule has 0 radical (unpaired) electrons. The first-order valence-electron chi connectivity index (χ1n) is 6.15. The van der Waals surface area contributed by atoms with Crippen LogP contribution in [-0.2, 0) is 14.9 Å². The van der Waals surface area contributed by atoms with E-state index in [1.54, 1.807) is 13.0 Å². The van der Waals surface area contributed by atoms with Crippen LogP contribution in [0.5, 0.6) is 0 Å².